The molecule has 0 aliphatic carbocycles. The fourth-order valence-corrected chi connectivity index (χ4v) is 5.11. The van der Waals surface area contributed by atoms with Gasteiger partial charge < -0.3 is 14.6 Å². The molecule has 2 aromatic heterocycles. The molecule has 4 rings (SSSR count). The summed E-state index contributed by atoms with van der Waals surface area (Å²) in [4.78, 5) is 48.8. The summed E-state index contributed by atoms with van der Waals surface area (Å²) in [5.41, 5.74) is 1.20. The molecular formula is C27H27N3O6S. The lowest BCUT2D eigenvalue weighted by Gasteiger charge is -2.24. The first kappa shape index (κ1) is 26.0. The molecule has 1 amide bonds. The van der Waals surface area contributed by atoms with Crippen molar-refractivity contribution in [2.75, 3.05) is 18.6 Å². The molecule has 0 radical (unpaired) electrons. The topological polar surface area (TPSA) is 119 Å². The van der Waals surface area contributed by atoms with E-state index in [1.807, 2.05) is 0 Å². The van der Waals surface area contributed by atoms with Gasteiger partial charge in [0.2, 0.25) is 0 Å². The predicted octanol–water partition coefficient (Wildman–Crippen LogP) is 4.86. The van der Waals surface area contributed by atoms with Gasteiger partial charge in [0.05, 0.1) is 35.9 Å². The van der Waals surface area contributed by atoms with Crippen LogP contribution in [0.4, 0.5) is 5.13 Å². The summed E-state index contributed by atoms with van der Waals surface area (Å²) < 4.78 is 11.4. The van der Waals surface area contributed by atoms with Crippen LogP contribution in [-0.2, 0) is 9.59 Å². The van der Waals surface area contributed by atoms with Crippen molar-refractivity contribution in [3.63, 3.8) is 0 Å². The lowest BCUT2D eigenvalue weighted by atomic mass is 9.95. The molecule has 0 bridgehead atoms. The molecular weight excluding hydrogens is 494 g/mol. The molecule has 1 aliphatic heterocycles. The van der Waals surface area contributed by atoms with Crippen LogP contribution in [-0.4, -0.2) is 46.3 Å². The van der Waals surface area contributed by atoms with Gasteiger partial charge in [0.25, 0.3) is 5.78 Å². The first-order valence-electron chi connectivity index (χ1n) is 11.8. The summed E-state index contributed by atoms with van der Waals surface area (Å²) in [6.07, 6.45) is 4.81. The Morgan fingerprint density at radius 2 is 1.89 bits per heavy atom. The Balaban J connectivity index is 1.90. The number of aryl methyl sites for hydroxylation is 1. The second-order valence-corrected chi connectivity index (χ2v) is 9.46. The second-order valence-electron chi connectivity index (χ2n) is 8.48. The van der Waals surface area contributed by atoms with E-state index in [0.717, 1.165) is 24.2 Å². The monoisotopic (exact) mass is 521 g/mol. The highest BCUT2D eigenvalue weighted by molar-refractivity contribution is 7.18. The van der Waals surface area contributed by atoms with E-state index in [9.17, 15) is 19.5 Å². The maximum atomic E-state index is 13.4. The molecule has 1 unspecified atom stereocenters. The Morgan fingerprint density at radius 1 is 1.16 bits per heavy atom. The highest BCUT2D eigenvalue weighted by atomic mass is 32.1. The number of methoxy groups -OCH3 is 1. The summed E-state index contributed by atoms with van der Waals surface area (Å²) in [7, 11) is 1.50. The van der Waals surface area contributed by atoms with Gasteiger partial charge in [0.15, 0.2) is 22.4 Å². The van der Waals surface area contributed by atoms with Crippen LogP contribution in [0.1, 0.15) is 59.2 Å². The van der Waals surface area contributed by atoms with Crippen molar-refractivity contribution in [3.05, 3.63) is 70.0 Å². The summed E-state index contributed by atoms with van der Waals surface area (Å²) in [5.74, 6) is -1.31. The zero-order valence-electron chi connectivity index (χ0n) is 21.0. The molecule has 1 aliphatic rings. The number of nitrogens with zero attached hydrogens (tertiary/aromatic N) is 3. The van der Waals surface area contributed by atoms with Crippen molar-refractivity contribution in [2.45, 2.75) is 39.7 Å². The third-order valence-electron chi connectivity index (χ3n) is 5.97. The molecule has 1 N–H and O–H groups in total. The van der Waals surface area contributed by atoms with E-state index < -0.39 is 17.7 Å². The van der Waals surface area contributed by atoms with Crippen molar-refractivity contribution in [1.82, 2.24) is 9.97 Å². The van der Waals surface area contributed by atoms with Crippen LogP contribution < -0.4 is 14.4 Å². The molecule has 0 saturated carbocycles. The average Bonchev–Trinajstić information content (AvgIpc) is 3.41. The molecule has 1 atom stereocenters. The quantitative estimate of drug-likeness (QED) is 0.139. The van der Waals surface area contributed by atoms with E-state index >= 15 is 0 Å². The van der Waals surface area contributed by atoms with E-state index in [4.69, 9.17) is 9.47 Å². The number of Topliss-reactive ketones (excluding diaryl/α,β-unsaturated/α-hetero) is 2. The lowest BCUT2D eigenvalue weighted by Crippen LogP contribution is -2.29. The number of hydrogen-bond donors (Lipinski definition) is 1. The summed E-state index contributed by atoms with van der Waals surface area (Å²) in [5, 5.41) is 11.4. The first-order chi connectivity index (χ1) is 17.8. The van der Waals surface area contributed by atoms with Gasteiger partial charge in [-0.05, 0) is 43.2 Å². The number of hydrogen-bond acceptors (Lipinski definition) is 9. The minimum atomic E-state index is -1.02. The zero-order chi connectivity index (χ0) is 26.7. The van der Waals surface area contributed by atoms with Gasteiger partial charge in [-0.25, -0.2) is 4.98 Å². The number of aromatic nitrogens is 2. The van der Waals surface area contributed by atoms with Crippen LogP contribution in [0.15, 0.2) is 48.3 Å². The zero-order valence-corrected chi connectivity index (χ0v) is 21.8. The number of ketones is 2. The molecule has 3 heterocycles. The van der Waals surface area contributed by atoms with Crippen LogP contribution in [0, 0.1) is 6.92 Å². The van der Waals surface area contributed by atoms with Gasteiger partial charge in [0, 0.05) is 24.9 Å². The fraction of sp³-hybridized carbons (Fsp3) is 0.296. The molecule has 1 fully saturated rings. The van der Waals surface area contributed by atoms with Crippen molar-refractivity contribution in [2.24, 2.45) is 0 Å². The number of ether oxygens (including phenoxy) is 2. The maximum Gasteiger partial charge on any atom is 0.301 e. The second kappa shape index (κ2) is 10.9. The average molecular weight is 522 g/mol. The number of carbonyl (C=O) groups excluding carboxylic acids is 3. The Hall–Kier alpha value is -4.05. The molecule has 37 heavy (non-hydrogen) atoms. The van der Waals surface area contributed by atoms with Crippen LogP contribution >= 0.6 is 11.3 Å². The van der Waals surface area contributed by atoms with Crippen molar-refractivity contribution < 1.29 is 29.0 Å². The van der Waals surface area contributed by atoms with Gasteiger partial charge >= 0.3 is 5.91 Å². The molecule has 0 spiro atoms. The fourth-order valence-electron chi connectivity index (χ4n) is 4.12. The number of anilines is 1. The number of unbranched alkanes of at least 4 members (excludes halogenated alkanes) is 1. The number of aliphatic hydroxyl groups is 1. The molecule has 192 valence electrons. The SMILES string of the molecule is CCCCOc1ccc(C2C(=C(O)c3ccncc3)C(=O)C(=O)N2c2nc(C)c(C(C)=O)s2)cc1OC. The number of thiazole rings is 1. The summed E-state index contributed by atoms with van der Waals surface area (Å²) >= 11 is 1.03. The Kier molecular flexibility index (Phi) is 7.68. The van der Waals surface area contributed by atoms with Gasteiger partial charge in [-0.15, -0.1) is 0 Å². The van der Waals surface area contributed by atoms with Crippen molar-refractivity contribution in [1.29, 1.82) is 0 Å². The van der Waals surface area contributed by atoms with Crippen molar-refractivity contribution in [3.8, 4) is 11.5 Å². The maximum absolute atomic E-state index is 13.4. The van der Waals surface area contributed by atoms with E-state index in [1.165, 1.54) is 31.3 Å². The molecule has 3 aromatic rings. The van der Waals surface area contributed by atoms with Crippen LogP contribution in [0.2, 0.25) is 0 Å². The highest BCUT2D eigenvalue weighted by Gasteiger charge is 2.48. The van der Waals surface area contributed by atoms with Gasteiger partial charge in [-0.2, -0.15) is 0 Å². The number of carbonyl (C=O) groups is 3. The largest absolute Gasteiger partial charge is 0.507 e. The molecule has 10 heteroatoms. The van der Waals surface area contributed by atoms with Gasteiger partial charge in [0.1, 0.15) is 5.76 Å². The third kappa shape index (κ3) is 4.97. The smallest absolute Gasteiger partial charge is 0.301 e. The van der Waals surface area contributed by atoms with Crippen LogP contribution in [0.25, 0.3) is 5.76 Å². The first-order valence-corrected chi connectivity index (χ1v) is 12.6. The Bertz CT molecular complexity index is 1380. The highest BCUT2D eigenvalue weighted by Crippen LogP contribution is 2.45. The number of amides is 1. The minimum Gasteiger partial charge on any atom is -0.507 e. The molecule has 1 saturated heterocycles. The number of pyridine rings is 1. The number of benzene rings is 1. The summed E-state index contributed by atoms with van der Waals surface area (Å²) in [6.45, 7) is 5.67. The van der Waals surface area contributed by atoms with Crippen molar-refractivity contribution >= 4 is 39.7 Å². The van der Waals surface area contributed by atoms with E-state index in [1.54, 1.807) is 37.3 Å². The predicted molar refractivity (Wildman–Crippen MR) is 139 cm³/mol. The number of aliphatic hydroxyl groups excluding tert-OH is 1. The third-order valence-corrected chi connectivity index (χ3v) is 7.23. The molecule has 1 aromatic carbocycles. The van der Waals surface area contributed by atoms with Gasteiger partial charge in [-0.3, -0.25) is 24.3 Å². The van der Waals surface area contributed by atoms with Crippen LogP contribution in [0.3, 0.4) is 0 Å². The number of rotatable bonds is 9. The molecule has 9 nitrogen and oxygen atoms in total. The van der Waals surface area contributed by atoms with E-state index in [2.05, 4.69) is 16.9 Å². The minimum absolute atomic E-state index is 0.102. The normalized spacial score (nSPS) is 16.8. The Morgan fingerprint density at radius 3 is 2.51 bits per heavy atom. The lowest BCUT2D eigenvalue weighted by molar-refractivity contribution is -0.132. The van der Waals surface area contributed by atoms with E-state index in [0.29, 0.717) is 39.8 Å². The van der Waals surface area contributed by atoms with Crippen LogP contribution in [0.5, 0.6) is 11.5 Å². The van der Waals surface area contributed by atoms with Gasteiger partial charge in [-0.1, -0.05) is 30.7 Å². The van der Waals surface area contributed by atoms with E-state index in [-0.39, 0.29) is 22.2 Å². The summed E-state index contributed by atoms with van der Waals surface area (Å²) in [6, 6.07) is 7.19. The Labute approximate surface area is 218 Å². The standard InChI is InChI=1S/C27H27N3O6S/c1-5-6-13-36-19-8-7-18(14-20(19)35-4)22-21(23(32)17-9-11-28-12-10-17)24(33)26(34)30(22)27-29-15(2)25(37-27)16(3)31/h7-12,14,22,32H,5-6,13H2,1-4H3.